The van der Waals surface area contributed by atoms with Crippen LogP contribution >= 0.6 is 0 Å². The van der Waals surface area contributed by atoms with Gasteiger partial charge in [0.25, 0.3) is 0 Å². The van der Waals surface area contributed by atoms with Gasteiger partial charge in [-0.25, -0.2) is 0 Å². The molecule has 0 nitrogen and oxygen atoms in total. The molecule has 0 aliphatic heterocycles. The lowest BCUT2D eigenvalue weighted by molar-refractivity contribution is 1.59. The summed E-state index contributed by atoms with van der Waals surface area (Å²) in [6.07, 6.45) is 0. The second kappa shape index (κ2) is 11.8. The van der Waals surface area contributed by atoms with E-state index in [1.165, 1.54) is 88.0 Å². The SMILES string of the molecule is c1ccc(-c2cc(-c3cccc(-c4cccc5ccccc45)c3)cc3ccc(-c4cccc(-c5cccc6ccccc56)c4)cc23)cc1. The first-order chi connectivity index (χ1) is 23.8. The van der Waals surface area contributed by atoms with Crippen molar-refractivity contribution in [3.63, 3.8) is 0 Å². The predicted molar refractivity (Wildman–Crippen MR) is 206 cm³/mol. The highest BCUT2D eigenvalue weighted by Gasteiger charge is 2.12. The van der Waals surface area contributed by atoms with Crippen LogP contribution < -0.4 is 0 Å². The summed E-state index contributed by atoms with van der Waals surface area (Å²) < 4.78 is 0. The molecule has 0 aliphatic carbocycles. The lowest BCUT2D eigenvalue weighted by Gasteiger charge is -2.15. The summed E-state index contributed by atoms with van der Waals surface area (Å²) >= 11 is 0. The molecule has 0 heteroatoms. The fourth-order valence-corrected chi connectivity index (χ4v) is 7.25. The minimum absolute atomic E-state index is 1.21. The Balaban J connectivity index is 1.17. The van der Waals surface area contributed by atoms with Gasteiger partial charge >= 0.3 is 0 Å². The summed E-state index contributed by atoms with van der Waals surface area (Å²) in [5, 5.41) is 7.56. The van der Waals surface area contributed by atoms with Crippen molar-refractivity contribution in [3.8, 4) is 55.6 Å². The molecule has 0 atom stereocenters. The molecule has 0 saturated carbocycles. The molecular weight excluding hydrogens is 577 g/mol. The van der Waals surface area contributed by atoms with Crippen molar-refractivity contribution in [2.75, 3.05) is 0 Å². The Kier molecular flexibility index (Phi) is 6.91. The van der Waals surface area contributed by atoms with Gasteiger partial charge in [-0.1, -0.05) is 164 Å². The van der Waals surface area contributed by atoms with E-state index >= 15 is 0 Å². The Morgan fingerprint density at radius 1 is 0.188 bits per heavy atom. The Hall–Kier alpha value is -6.24. The molecule has 0 radical (unpaired) electrons. The van der Waals surface area contributed by atoms with E-state index in [1.807, 2.05) is 0 Å². The number of hydrogen-bond donors (Lipinski definition) is 0. The quantitative estimate of drug-likeness (QED) is 0.182. The maximum absolute atomic E-state index is 2.37. The Morgan fingerprint density at radius 2 is 0.667 bits per heavy atom. The molecule has 0 bridgehead atoms. The van der Waals surface area contributed by atoms with Crippen LogP contribution in [-0.4, -0.2) is 0 Å². The van der Waals surface area contributed by atoms with E-state index in [-0.39, 0.29) is 0 Å². The molecule has 224 valence electrons. The second-order valence-electron chi connectivity index (χ2n) is 12.5. The van der Waals surface area contributed by atoms with Crippen LogP contribution in [0.15, 0.2) is 194 Å². The minimum Gasteiger partial charge on any atom is -0.0622 e. The monoisotopic (exact) mass is 608 g/mol. The largest absolute Gasteiger partial charge is 0.0622 e. The highest BCUT2D eigenvalue weighted by atomic mass is 14.2. The third kappa shape index (κ3) is 5.05. The molecule has 0 unspecified atom stereocenters. The van der Waals surface area contributed by atoms with E-state index in [1.54, 1.807) is 0 Å². The summed E-state index contributed by atoms with van der Waals surface area (Å²) in [4.78, 5) is 0. The molecule has 0 spiro atoms. The van der Waals surface area contributed by atoms with Crippen molar-refractivity contribution < 1.29 is 0 Å². The molecule has 0 heterocycles. The standard InChI is InChI=1S/C48H32/c1-2-12-35(13-3-1)47-32-42(37-19-9-21-40(29-37)46-25-11-17-34-15-5-7-23-44(34)46)30-41-27-26-38(31-48(41)47)36-18-8-20-39(28-36)45-24-10-16-33-14-4-6-22-43(33)45/h1-32H. The smallest absolute Gasteiger partial charge is 0.00988 e. The van der Waals surface area contributed by atoms with Crippen molar-refractivity contribution in [2.45, 2.75) is 0 Å². The highest BCUT2D eigenvalue weighted by molar-refractivity contribution is 6.03. The highest BCUT2D eigenvalue weighted by Crippen LogP contribution is 2.39. The van der Waals surface area contributed by atoms with E-state index in [4.69, 9.17) is 0 Å². The number of hydrogen-bond acceptors (Lipinski definition) is 0. The van der Waals surface area contributed by atoms with Crippen molar-refractivity contribution in [1.29, 1.82) is 0 Å². The van der Waals surface area contributed by atoms with E-state index in [2.05, 4.69) is 194 Å². The van der Waals surface area contributed by atoms with E-state index in [0.717, 1.165) is 0 Å². The van der Waals surface area contributed by atoms with Crippen molar-refractivity contribution in [1.82, 2.24) is 0 Å². The normalized spacial score (nSPS) is 11.3. The summed E-state index contributed by atoms with van der Waals surface area (Å²) in [7, 11) is 0. The van der Waals surface area contributed by atoms with Gasteiger partial charge < -0.3 is 0 Å². The molecule has 0 aliphatic rings. The molecular formula is C48H32. The zero-order valence-electron chi connectivity index (χ0n) is 26.5. The topological polar surface area (TPSA) is 0 Å². The summed E-state index contributed by atoms with van der Waals surface area (Å²) in [6, 6.07) is 70.8. The van der Waals surface area contributed by atoms with Gasteiger partial charge in [-0.3, -0.25) is 0 Å². The zero-order chi connectivity index (χ0) is 31.9. The molecule has 9 aromatic carbocycles. The Labute approximate surface area is 281 Å². The van der Waals surface area contributed by atoms with Gasteiger partial charge in [0.15, 0.2) is 0 Å². The maximum atomic E-state index is 2.37. The molecule has 0 amide bonds. The minimum atomic E-state index is 1.21. The molecule has 0 aromatic heterocycles. The van der Waals surface area contributed by atoms with Gasteiger partial charge in [-0.05, 0) is 118 Å². The maximum Gasteiger partial charge on any atom is -0.00988 e. The Morgan fingerprint density at radius 3 is 1.31 bits per heavy atom. The Bertz CT molecular complexity index is 2600. The average molecular weight is 609 g/mol. The van der Waals surface area contributed by atoms with Crippen LogP contribution in [0.2, 0.25) is 0 Å². The van der Waals surface area contributed by atoms with Gasteiger partial charge in [0.2, 0.25) is 0 Å². The van der Waals surface area contributed by atoms with Crippen molar-refractivity contribution in [2.24, 2.45) is 0 Å². The van der Waals surface area contributed by atoms with Gasteiger partial charge in [-0.15, -0.1) is 0 Å². The first-order valence-electron chi connectivity index (χ1n) is 16.6. The van der Waals surface area contributed by atoms with Crippen LogP contribution in [0.3, 0.4) is 0 Å². The summed E-state index contributed by atoms with van der Waals surface area (Å²) in [5.74, 6) is 0. The molecule has 0 N–H and O–H groups in total. The number of fused-ring (bicyclic) bond motifs is 3. The first kappa shape index (κ1) is 28.0. The fourth-order valence-electron chi connectivity index (χ4n) is 7.25. The third-order valence-electron chi connectivity index (χ3n) is 9.63. The van der Waals surface area contributed by atoms with Crippen LogP contribution in [0.25, 0.3) is 88.0 Å². The lowest BCUT2D eigenvalue weighted by Crippen LogP contribution is -1.88. The van der Waals surface area contributed by atoms with Crippen molar-refractivity contribution in [3.05, 3.63) is 194 Å². The molecule has 9 aromatic rings. The van der Waals surface area contributed by atoms with Gasteiger partial charge in [0, 0.05) is 0 Å². The molecule has 0 fully saturated rings. The number of rotatable bonds is 5. The van der Waals surface area contributed by atoms with Crippen molar-refractivity contribution >= 4 is 32.3 Å². The zero-order valence-corrected chi connectivity index (χ0v) is 26.5. The van der Waals surface area contributed by atoms with E-state index in [9.17, 15) is 0 Å². The van der Waals surface area contributed by atoms with Gasteiger partial charge in [-0.2, -0.15) is 0 Å². The third-order valence-corrected chi connectivity index (χ3v) is 9.63. The van der Waals surface area contributed by atoms with Gasteiger partial charge in [0.05, 0.1) is 0 Å². The molecule has 48 heavy (non-hydrogen) atoms. The van der Waals surface area contributed by atoms with Gasteiger partial charge in [0.1, 0.15) is 0 Å². The van der Waals surface area contributed by atoms with Crippen LogP contribution in [0.5, 0.6) is 0 Å². The fraction of sp³-hybridized carbons (Fsp3) is 0. The average Bonchev–Trinajstić information content (AvgIpc) is 3.17. The van der Waals surface area contributed by atoms with E-state index in [0.29, 0.717) is 0 Å². The lowest BCUT2D eigenvalue weighted by atomic mass is 9.89. The number of benzene rings is 9. The van der Waals surface area contributed by atoms with Crippen LogP contribution in [0.1, 0.15) is 0 Å². The molecule has 9 rings (SSSR count). The molecule has 0 saturated heterocycles. The summed E-state index contributed by atoms with van der Waals surface area (Å²) in [5.41, 5.74) is 12.3. The van der Waals surface area contributed by atoms with E-state index < -0.39 is 0 Å². The predicted octanol–water partition coefficient (Wildman–Crippen LogP) is 13.5. The second-order valence-corrected chi connectivity index (χ2v) is 12.5. The first-order valence-corrected chi connectivity index (χ1v) is 16.6. The van der Waals surface area contributed by atoms with Crippen LogP contribution in [0, 0.1) is 0 Å². The van der Waals surface area contributed by atoms with Crippen LogP contribution in [-0.2, 0) is 0 Å². The van der Waals surface area contributed by atoms with Crippen LogP contribution in [0.4, 0.5) is 0 Å². The summed E-state index contributed by atoms with van der Waals surface area (Å²) in [6.45, 7) is 0.